The molecule has 0 saturated carbocycles. The molecule has 1 fully saturated rings. The van der Waals surface area contributed by atoms with Gasteiger partial charge in [-0.3, -0.25) is 19.5 Å². The van der Waals surface area contributed by atoms with Crippen LogP contribution in [-0.4, -0.2) is 46.9 Å². The van der Waals surface area contributed by atoms with Gasteiger partial charge in [0, 0.05) is 23.7 Å². The number of anilines is 1. The molecule has 3 heterocycles. The minimum atomic E-state index is -4.44. The number of halogens is 1. The molecule has 11 heteroatoms. The second-order valence-corrected chi connectivity index (χ2v) is 9.83. The topological polar surface area (TPSA) is 125 Å². The predicted octanol–water partition coefficient (Wildman–Crippen LogP) is 4.40. The van der Waals surface area contributed by atoms with Crippen LogP contribution in [0.25, 0.3) is 22.5 Å². The number of aromatic nitrogens is 3. The lowest BCUT2D eigenvalue weighted by Crippen LogP contribution is -2.25. The SMILES string of the molecule is Cc1ccc(S(=O)(=O)O)c(CC2CN(c3ccc(-c4[nH]ncc4-c4ccccn4)c(F)c3)C(=O)O2)c1. The summed E-state index contributed by atoms with van der Waals surface area (Å²) in [6, 6.07) is 14.3. The molecule has 1 saturated heterocycles. The second-order valence-electron chi connectivity index (χ2n) is 8.44. The quantitative estimate of drug-likeness (QED) is 0.370. The summed E-state index contributed by atoms with van der Waals surface area (Å²) in [6.45, 7) is 1.87. The number of benzene rings is 2. The number of hydrogen-bond donors (Lipinski definition) is 2. The average Bonchev–Trinajstić information content (AvgIpc) is 3.45. The highest BCUT2D eigenvalue weighted by molar-refractivity contribution is 7.85. The Bertz CT molecular complexity index is 1560. The number of carbonyl (C=O) groups is 1. The van der Waals surface area contributed by atoms with E-state index >= 15 is 4.39 Å². The Balaban J connectivity index is 1.39. The molecule has 1 amide bonds. The molecule has 36 heavy (non-hydrogen) atoms. The van der Waals surface area contributed by atoms with Gasteiger partial charge in [-0.2, -0.15) is 13.5 Å². The summed E-state index contributed by atoms with van der Waals surface area (Å²) in [6.07, 6.45) is 1.91. The van der Waals surface area contributed by atoms with Crippen molar-refractivity contribution in [2.24, 2.45) is 0 Å². The highest BCUT2D eigenvalue weighted by atomic mass is 32.2. The third-order valence-electron chi connectivity index (χ3n) is 5.93. The van der Waals surface area contributed by atoms with Crippen LogP contribution in [0.3, 0.4) is 0 Å². The number of cyclic esters (lactones) is 1. The van der Waals surface area contributed by atoms with Crippen LogP contribution in [0, 0.1) is 12.7 Å². The van der Waals surface area contributed by atoms with Gasteiger partial charge in [0.25, 0.3) is 10.1 Å². The second kappa shape index (κ2) is 9.17. The number of rotatable bonds is 6. The molecule has 1 aliphatic heterocycles. The largest absolute Gasteiger partial charge is 0.444 e. The van der Waals surface area contributed by atoms with Crippen LogP contribution in [0.4, 0.5) is 14.9 Å². The predicted molar refractivity (Wildman–Crippen MR) is 130 cm³/mol. The zero-order chi connectivity index (χ0) is 25.4. The number of aromatic amines is 1. The van der Waals surface area contributed by atoms with Crippen molar-refractivity contribution >= 4 is 21.9 Å². The van der Waals surface area contributed by atoms with Gasteiger partial charge in [-0.15, -0.1) is 0 Å². The third kappa shape index (κ3) is 4.58. The van der Waals surface area contributed by atoms with Crippen LogP contribution in [0.2, 0.25) is 0 Å². The Morgan fingerprint density at radius 2 is 2.00 bits per heavy atom. The molecule has 2 aromatic heterocycles. The van der Waals surface area contributed by atoms with Gasteiger partial charge in [0.1, 0.15) is 11.9 Å². The first-order chi connectivity index (χ1) is 17.2. The maximum atomic E-state index is 15.2. The number of hydrogen-bond acceptors (Lipinski definition) is 6. The molecule has 9 nitrogen and oxygen atoms in total. The van der Waals surface area contributed by atoms with E-state index in [1.807, 2.05) is 6.07 Å². The zero-order valence-electron chi connectivity index (χ0n) is 19.1. The van der Waals surface area contributed by atoms with E-state index < -0.39 is 28.1 Å². The van der Waals surface area contributed by atoms with Gasteiger partial charge >= 0.3 is 6.09 Å². The Labute approximate surface area is 206 Å². The molecule has 0 aliphatic carbocycles. The summed E-state index contributed by atoms with van der Waals surface area (Å²) in [5.41, 5.74) is 3.41. The van der Waals surface area contributed by atoms with Crippen LogP contribution in [0.5, 0.6) is 0 Å². The molecule has 0 radical (unpaired) electrons. The maximum absolute atomic E-state index is 15.2. The van der Waals surface area contributed by atoms with Crippen molar-refractivity contribution < 1.29 is 26.9 Å². The van der Waals surface area contributed by atoms with E-state index in [0.29, 0.717) is 28.2 Å². The van der Waals surface area contributed by atoms with E-state index in [9.17, 15) is 17.8 Å². The number of nitrogens with one attached hydrogen (secondary N) is 1. The lowest BCUT2D eigenvalue weighted by molar-refractivity contribution is 0.141. The van der Waals surface area contributed by atoms with Gasteiger partial charge in [-0.25, -0.2) is 9.18 Å². The number of aryl methyl sites for hydroxylation is 1. The van der Waals surface area contributed by atoms with Gasteiger partial charge in [-0.1, -0.05) is 23.8 Å². The van der Waals surface area contributed by atoms with Crippen molar-refractivity contribution in [1.29, 1.82) is 0 Å². The number of ether oxygens (including phenoxy) is 1. The molecule has 4 aromatic rings. The fourth-order valence-electron chi connectivity index (χ4n) is 4.29. The van der Waals surface area contributed by atoms with Crippen LogP contribution in [0.15, 0.2) is 71.9 Å². The molecule has 2 aromatic carbocycles. The van der Waals surface area contributed by atoms with Gasteiger partial charge < -0.3 is 4.74 Å². The standard InChI is InChI=1S/C25H21FN4O5S/c1-15-5-8-23(36(32,33)34)16(10-15)11-18-14-30(25(31)35-18)17-6-7-19(21(26)12-17)24-20(13-28-29-24)22-4-2-3-9-27-22/h2-10,12-13,18H,11,14H2,1H3,(H,28,29)(H,32,33,34). The van der Waals surface area contributed by atoms with Crippen molar-refractivity contribution in [2.75, 3.05) is 11.4 Å². The van der Waals surface area contributed by atoms with Crippen molar-refractivity contribution in [3.63, 3.8) is 0 Å². The first kappa shape index (κ1) is 23.6. The van der Waals surface area contributed by atoms with Crippen LogP contribution >= 0.6 is 0 Å². The van der Waals surface area contributed by atoms with E-state index in [1.165, 1.54) is 17.0 Å². The number of H-pyrrole nitrogens is 1. The van der Waals surface area contributed by atoms with Crippen molar-refractivity contribution in [3.05, 3.63) is 83.9 Å². The Kier molecular flexibility index (Phi) is 6.02. The number of carbonyl (C=O) groups excluding carboxylic acids is 1. The van der Waals surface area contributed by atoms with Gasteiger partial charge in [0.15, 0.2) is 0 Å². The van der Waals surface area contributed by atoms with Crippen molar-refractivity contribution in [3.8, 4) is 22.5 Å². The molecule has 5 rings (SSSR count). The van der Waals surface area contributed by atoms with Gasteiger partial charge in [0.05, 0.1) is 34.7 Å². The minimum absolute atomic E-state index is 0.0706. The summed E-state index contributed by atoms with van der Waals surface area (Å²) >= 11 is 0. The van der Waals surface area contributed by atoms with Gasteiger partial charge in [0.2, 0.25) is 0 Å². The van der Waals surface area contributed by atoms with Crippen molar-refractivity contribution in [1.82, 2.24) is 15.2 Å². The maximum Gasteiger partial charge on any atom is 0.414 e. The Hall–Kier alpha value is -4.09. The summed E-state index contributed by atoms with van der Waals surface area (Å²) in [5.74, 6) is -0.572. The van der Waals surface area contributed by atoms with Gasteiger partial charge in [-0.05, 0) is 48.9 Å². The molecular weight excluding hydrogens is 487 g/mol. The molecule has 2 N–H and O–H groups in total. The summed E-state index contributed by atoms with van der Waals surface area (Å²) in [4.78, 5) is 17.9. The molecule has 184 valence electrons. The van der Waals surface area contributed by atoms with E-state index in [-0.39, 0.29) is 23.4 Å². The fraction of sp³-hybridized carbons (Fsp3) is 0.160. The summed E-state index contributed by atoms with van der Waals surface area (Å²) in [7, 11) is -4.44. The summed E-state index contributed by atoms with van der Waals surface area (Å²) in [5, 5.41) is 6.84. The highest BCUT2D eigenvalue weighted by Gasteiger charge is 2.34. The molecule has 0 bridgehead atoms. The first-order valence-corrected chi connectivity index (χ1v) is 12.4. The van der Waals surface area contributed by atoms with E-state index in [0.717, 1.165) is 5.56 Å². The zero-order valence-corrected chi connectivity index (χ0v) is 19.9. The molecule has 0 spiro atoms. The average molecular weight is 509 g/mol. The number of pyridine rings is 1. The molecule has 1 atom stereocenters. The summed E-state index contributed by atoms with van der Waals surface area (Å²) < 4.78 is 53.7. The monoisotopic (exact) mass is 508 g/mol. The lowest BCUT2D eigenvalue weighted by Gasteiger charge is -2.15. The third-order valence-corrected chi connectivity index (χ3v) is 6.88. The molecular formula is C25H21FN4O5S. The number of nitrogens with zero attached hydrogens (tertiary/aromatic N) is 3. The normalized spacial score (nSPS) is 15.8. The number of amides is 1. The van der Waals surface area contributed by atoms with Crippen LogP contribution in [-0.2, 0) is 21.3 Å². The van der Waals surface area contributed by atoms with Crippen LogP contribution < -0.4 is 4.90 Å². The first-order valence-electron chi connectivity index (χ1n) is 11.0. The fourth-order valence-corrected chi connectivity index (χ4v) is 5.00. The molecule has 1 aliphatic rings. The highest BCUT2D eigenvalue weighted by Crippen LogP contribution is 2.33. The lowest BCUT2D eigenvalue weighted by atomic mass is 10.0. The Morgan fingerprint density at radius 3 is 2.72 bits per heavy atom. The van der Waals surface area contributed by atoms with E-state index in [4.69, 9.17) is 4.74 Å². The van der Waals surface area contributed by atoms with Crippen molar-refractivity contribution in [2.45, 2.75) is 24.3 Å². The molecule has 1 unspecified atom stereocenters. The van der Waals surface area contributed by atoms with Crippen LogP contribution in [0.1, 0.15) is 11.1 Å². The minimum Gasteiger partial charge on any atom is -0.444 e. The Morgan fingerprint density at radius 1 is 1.17 bits per heavy atom. The van der Waals surface area contributed by atoms with E-state index in [2.05, 4.69) is 15.2 Å². The van der Waals surface area contributed by atoms with E-state index in [1.54, 1.807) is 55.7 Å². The smallest absolute Gasteiger partial charge is 0.414 e.